The Hall–Kier alpha value is -5.19. The highest BCUT2D eigenvalue weighted by atomic mass is 16.6. The Morgan fingerprint density at radius 3 is 2.09 bits per heavy atom. The molecule has 1 heterocycles. The number of nitrogens with one attached hydrogen (secondary N) is 2. The fraction of sp³-hybridized carbons (Fsp3) is 0.281. The molecular formula is C32H35N3O8. The zero-order valence-electron chi connectivity index (χ0n) is 25.2. The van der Waals surface area contributed by atoms with Gasteiger partial charge in [0.15, 0.2) is 23.0 Å². The second-order valence-corrected chi connectivity index (χ2v) is 10.3. The molecule has 0 radical (unpaired) electrons. The fourth-order valence-electron chi connectivity index (χ4n) is 4.39. The molecule has 0 aliphatic heterocycles. The van der Waals surface area contributed by atoms with Crippen molar-refractivity contribution in [3.05, 3.63) is 71.9 Å². The maximum atomic E-state index is 13.2. The van der Waals surface area contributed by atoms with E-state index in [-0.39, 0.29) is 11.5 Å². The number of methoxy groups -OCH3 is 4. The first-order valence-corrected chi connectivity index (χ1v) is 13.4. The Morgan fingerprint density at radius 2 is 1.51 bits per heavy atom. The predicted molar refractivity (Wildman–Crippen MR) is 162 cm³/mol. The summed E-state index contributed by atoms with van der Waals surface area (Å²) >= 11 is 0. The van der Waals surface area contributed by atoms with Gasteiger partial charge in [-0.2, -0.15) is 0 Å². The molecule has 4 aromatic rings. The summed E-state index contributed by atoms with van der Waals surface area (Å²) in [4.78, 5) is 30.2. The van der Waals surface area contributed by atoms with Gasteiger partial charge in [-0.3, -0.25) is 5.43 Å². The van der Waals surface area contributed by atoms with Crippen LogP contribution in [0.15, 0.2) is 60.7 Å². The lowest BCUT2D eigenvalue weighted by Gasteiger charge is -2.21. The summed E-state index contributed by atoms with van der Waals surface area (Å²) in [5.41, 5.74) is 6.54. The van der Waals surface area contributed by atoms with E-state index < -0.39 is 17.7 Å². The third-order valence-corrected chi connectivity index (χ3v) is 6.24. The molecule has 0 fully saturated rings. The van der Waals surface area contributed by atoms with Gasteiger partial charge in [-0.15, -0.1) is 0 Å². The van der Waals surface area contributed by atoms with Crippen molar-refractivity contribution in [2.75, 3.05) is 33.9 Å². The summed E-state index contributed by atoms with van der Waals surface area (Å²) in [6.45, 7) is 5.58. The van der Waals surface area contributed by atoms with E-state index in [1.807, 2.05) is 30.3 Å². The zero-order valence-corrected chi connectivity index (χ0v) is 25.2. The van der Waals surface area contributed by atoms with Crippen LogP contribution in [0.25, 0.3) is 21.9 Å². The van der Waals surface area contributed by atoms with Crippen LogP contribution in [-0.4, -0.2) is 51.1 Å². The van der Waals surface area contributed by atoms with Crippen molar-refractivity contribution in [3.63, 3.8) is 0 Å². The molecule has 11 heteroatoms. The average molecular weight is 590 g/mol. The van der Waals surface area contributed by atoms with Crippen LogP contribution >= 0.6 is 0 Å². The predicted octanol–water partition coefficient (Wildman–Crippen LogP) is 6.14. The number of hydrogen-bond donors (Lipinski definition) is 2. The number of carbonyl (C=O) groups is 2. The van der Waals surface area contributed by atoms with E-state index in [0.29, 0.717) is 51.5 Å². The van der Waals surface area contributed by atoms with Gasteiger partial charge in [0.05, 0.1) is 28.4 Å². The summed E-state index contributed by atoms with van der Waals surface area (Å²) in [7, 11) is 5.78. The van der Waals surface area contributed by atoms with E-state index in [4.69, 9.17) is 28.4 Å². The number of aromatic nitrogens is 1. The van der Waals surface area contributed by atoms with Gasteiger partial charge in [0.25, 0.3) is 0 Å². The van der Waals surface area contributed by atoms with Crippen molar-refractivity contribution in [1.29, 1.82) is 0 Å². The minimum atomic E-state index is -0.729. The summed E-state index contributed by atoms with van der Waals surface area (Å²) in [5, 5.41) is 1.14. The number of rotatable bonds is 10. The normalized spacial score (nSPS) is 11.0. The molecule has 2 N–H and O–H groups in total. The van der Waals surface area contributed by atoms with Gasteiger partial charge < -0.3 is 28.4 Å². The molecule has 0 saturated heterocycles. The molecule has 3 aromatic carbocycles. The molecule has 11 nitrogen and oxygen atoms in total. The molecule has 0 saturated carbocycles. The Balaban J connectivity index is 1.91. The van der Waals surface area contributed by atoms with Gasteiger partial charge in [0.1, 0.15) is 18.0 Å². The number of anilines is 1. The number of pyridine rings is 1. The Morgan fingerprint density at radius 1 is 0.837 bits per heavy atom. The van der Waals surface area contributed by atoms with Gasteiger partial charge in [-0.1, -0.05) is 30.3 Å². The molecule has 0 spiro atoms. The van der Waals surface area contributed by atoms with Crippen LogP contribution in [0.5, 0.6) is 23.0 Å². The van der Waals surface area contributed by atoms with Gasteiger partial charge >= 0.3 is 12.1 Å². The highest BCUT2D eigenvalue weighted by Crippen LogP contribution is 2.44. The summed E-state index contributed by atoms with van der Waals surface area (Å²) in [6.07, 6.45) is -0.729. The minimum absolute atomic E-state index is 0.0179. The van der Waals surface area contributed by atoms with Crippen molar-refractivity contribution < 1.29 is 38.0 Å². The molecule has 226 valence electrons. The van der Waals surface area contributed by atoms with Crippen molar-refractivity contribution >= 4 is 28.7 Å². The van der Waals surface area contributed by atoms with Crippen LogP contribution in [-0.2, 0) is 16.1 Å². The number of carbonyl (C=O) groups excluding carboxylic acids is 2. The number of amides is 1. The molecule has 1 aromatic heterocycles. The van der Waals surface area contributed by atoms with E-state index in [1.165, 1.54) is 28.4 Å². The molecule has 43 heavy (non-hydrogen) atoms. The molecule has 0 unspecified atom stereocenters. The summed E-state index contributed by atoms with van der Waals surface area (Å²) < 4.78 is 33.2. The second-order valence-electron chi connectivity index (χ2n) is 10.3. The van der Waals surface area contributed by atoms with E-state index in [0.717, 1.165) is 5.56 Å². The Bertz CT molecular complexity index is 1590. The van der Waals surface area contributed by atoms with Crippen LogP contribution in [0.3, 0.4) is 0 Å². The van der Waals surface area contributed by atoms with Crippen LogP contribution < -0.4 is 29.8 Å². The minimum Gasteiger partial charge on any atom is -0.493 e. The lowest BCUT2D eigenvalue weighted by molar-refractivity contribution is 0.0540. The van der Waals surface area contributed by atoms with E-state index in [9.17, 15) is 9.59 Å². The van der Waals surface area contributed by atoms with Gasteiger partial charge in [-0.25, -0.2) is 20.0 Å². The number of hydrogen-bond acceptors (Lipinski definition) is 10. The first-order chi connectivity index (χ1) is 20.6. The monoisotopic (exact) mass is 589 g/mol. The first kappa shape index (κ1) is 30.8. The van der Waals surface area contributed by atoms with E-state index in [1.54, 1.807) is 51.1 Å². The molecular weight excluding hydrogens is 554 g/mol. The van der Waals surface area contributed by atoms with Gasteiger partial charge in [0, 0.05) is 10.9 Å². The smallest absolute Gasteiger partial charge is 0.426 e. The average Bonchev–Trinajstić information content (AvgIpc) is 3.00. The summed E-state index contributed by atoms with van der Waals surface area (Å²) in [5.74, 6) is 1.18. The highest BCUT2D eigenvalue weighted by molar-refractivity contribution is 6.10. The number of ether oxygens (including phenoxy) is 6. The maximum absolute atomic E-state index is 13.2. The van der Waals surface area contributed by atoms with Crippen LogP contribution in [0.1, 0.15) is 36.8 Å². The van der Waals surface area contributed by atoms with Crippen LogP contribution in [0.4, 0.5) is 10.6 Å². The number of nitrogens with zero attached hydrogens (tertiary/aromatic N) is 1. The van der Waals surface area contributed by atoms with Gasteiger partial charge in [-0.05, 0) is 67.6 Å². The topological polar surface area (TPSA) is 126 Å². The van der Waals surface area contributed by atoms with Crippen molar-refractivity contribution in [2.45, 2.75) is 33.0 Å². The summed E-state index contributed by atoms with van der Waals surface area (Å²) in [6, 6.07) is 18.5. The molecule has 0 bridgehead atoms. The SMILES string of the molecule is COC(=O)c1nc(NNC(=O)OC(C)(C)C)c2cc(OCc3ccccc3)ccc2c1-c1cc(OC)c(OC)c(OC)c1. The lowest BCUT2D eigenvalue weighted by Crippen LogP contribution is -2.36. The number of hydrazine groups is 1. The molecule has 1 amide bonds. The second kappa shape index (κ2) is 13.2. The van der Waals surface area contributed by atoms with Crippen molar-refractivity contribution in [1.82, 2.24) is 10.4 Å². The third-order valence-electron chi connectivity index (χ3n) is 6.24. The molecule has 0 aliphatic rings. The number of benzene rings is 3. The number of fused-ring (bicyclic) bond motifs is 1. The standard InChI is InChI=1S/C32H35N3O8/c1-32(2,3)43-31(37)35-34-29-23-17-21(42-18-19-11-9-8-10-12-19)13-14-22(23)26(27(33-29)30(36)41-7)20-15-24(38-4)28(40-6)25(16-20)39-5/h8-17H,18H2,1-7H3,(H,33,34)(H,35,37). The zero-order chi connectivity index (χ0) is 31.1. The van der Waals surface area contributed by atoms with Crippen molar-refractivity contribution in [3.8, 4) is 34.1 Å². The lowest BCUT2D eigenvalue weighted by atomic mass is 9.95. The maximum Gasteiger partial charge on any atom is 0.426 e. The molecule has 4 rings (SSSR count). The van der Waals surface area contributed by atoms with Crippen LogP contribution in [0, 0.1) is 0 Å². The van der Waals surface area contributed by atoms with Crippen molar-refractivity contribution in [2.24, 2.45) is 0 Å². The highest BCUT2D eigenvalue weighted by Gasteiger charge is 2.25. The van der Waals surface area contributed by atoms with Crippen LogP contribution in [0.2, 0.25) is 0 Å². The third kappa shape index (κ3) is 7.18. The molecule has 0 aliphatic carbocycles. The quantitative estimate of drug-likeness (QED) is 0.164. The Kier molecular flexibility index (Phi) is 9.44. The first-order valence-electron chi connectivity index (χ1n) is 13.4. The number of esters is 1. The van der Waals surface area contributed by atoms with Gasteiger partial charge in [0.2, 0.25) is 5.75 Å². The largest absolute Gasteiger partial charge is 0.493 e. The molecule has 0 atom stereocenters. The van der Waals surface area contributed by atoms with E-state index >= 15 is 0 Å². The fourth-order valence-corrected chi connectivity index (χ4v) is 4.39. The van der Waals surface area contributed by atoms with E-state index in [2.05, 4.69) is 15.8 Å². The Labute approximate surface area is 250 Å².